The molecule has 154 valence electrons. The summed E-state index contributed by atoms with van der Waals surface area (Å²) in [6.45, 7) is 0. The van der Waals surface area contributed by atoms with E-state index in [0.29, 0.717) is 53.0 Å². The highest BCUT2D eigenvalue weighted by Crippen LogP contribution is 2.41. The van der Waals surface area contributed by atoms with E-state index in [0.717, 1.165) is 19.0 Å². The van der Waals surface area contributed by atoms with E-state index in [1.165, 1.54) is 0 Å². The zero-order chi connectivity index (χ0) is 22.1. The SMILES string of the molecule is O=C1c2cc(CCc3cc4c(c(Br)c3Br)C(=O)N(Br)C4=O)c(Br)c(Br)c2C(=O)N1Br. The van der Waals surface area contributed by atoms with Gasteiger partial charge < -0.3 is 0 Å². The average molecular weight is 794 g/mol. The standard InChI is InChI=1S/C18H6Br6N2O4/c19-11-5(3-7-9(13(11)21)17(29)25(23)15(7)27)1-2-6-4-8-10(14(22)12(6)20)18(30)26(24)16(8)28/h3-4H,1-2H2. The van der Waals surface area contributed by atoms with Crippen molar-refractivity contribution < 1.29 is 19.2 Å². The molecular formula is C18H6Br6N2O4. The summed E-state index contributed by atoms with van der Waals surface area (Å²) in [6, 6.07) is 3.38. The van der Waals surface area contributed by atoms with Gasteiger partial charge in [-0.05, 0) is 99.8 Å². The number of aryl methyl sites for hydroxylation is 2. The maximum absolute atomic E-state index is 12.4. The van der Waals surface area contributed by atoms with Gasteiger partial charge in [-0.15, -0.1) is 0 Å². The summed E-state index contributed by atoms with van der Waals surface area (Å²) in [5, 5.41) is 0. The van der Waals surface area contributed by atoms with Gasteiger partial charge in [0, 0.05) is 17.9 Å². The Bertz CT molecular complexity index is 1120. The number of rotatable bonds is 3. The highest BCUT2D eigenvalue weighted by molar-refractivity contribution is 9.13. The van der Waals surface area contributed by atoms with Gasteiger partial charge in [0.1, 0.15) is 0 Å². The molecule has 0 aliphatic carbocycles. The van der Waals surface area contributed by atoms with Gasteiger partial charge >= 0.3 is 0 Å². The molecule has 4 amide bonds. The van der Waals surface area contributed by atoms with E-state index in [-0.39, 0.29) is 0 Å². The molecule has 2 aliphatic heterocycles. The van der Waals surface area contributed by atoms with Crippen molar-refractivity contribution >= 4 is 120 Å². The Morgan fingerprint density at radius 2 is 0.900 bits per heavy atom. The summed E-state index contributed by atoms with van der Waals surface area (Å²) < 4.78 is 4.20. The number of fused-ring (bicyclic) bond motifs is 2. The highest BCUT2D eigenvalue weighted by Gasteiger charge is 2.39. The molecule has 0 saturated heterocycles. The smallest absolute Gasteiger partial charge is 0.268 e. The lowest BCUT2D eigenvalue weighted by molar-refractivity contribution is 0.0768. The van der Waals surface area contributed by atoms with E-state index < -0.39 is 23.6 Å². The minimum absolute atomic E-state index is 0.301. The molecule has 0 radical (unpaired) electrons. The van der Waals surface area contributed by atoms with Crippen LogP contribution in [-0.4, -0.2) is 31.5 Å². The average Bonchev–Trinajstić information content (AvgIpc) is 3.06. The van der Waals surface area contributed by atoms with Crippen molar-refractivity contribution in [3.63, 3.8) is 0 Å². The lowest BCUT2D eigenvalue weighted by atomic mass is 9.98. The van der Waals surface area contributed by atoms with Gasteiger partial charge in [-0.2, -0.15) is 0 Å². The summed E-state index contributed by atoms with van der Waals surface area (Å²) in [4.78, 5) is 49.2. The van der Waals surface area contributed by atoms with Crippen molar-refractivity contribution in [2.75, 3.05) is 0 Å². The van der Waals surface area contributed by atoms with E-state index in [1.54, 1.807) is 12.1 Å². The zero-order valence-corrected chi connectivity index (χ0v) is 23.9. The predicted octanol–water partition coefficient (Wildman–Crippen LogP) is 6.33. The number of carbonyl (C=O) groups excluding carboxylic acids is 4. The second kappa shape index (κ2) is 8.18. The van der Waals surface area contributed by atoms with E-state index >= 15 is 0 Å². The topological polar surface area (TPSA) is 74.8 Å². The fourth-order valence-electron chi connectivity index (χ4n) is 3.34. The first-order valence-electron chi connectivity index (χ1n) is 8.17. The van der Waals surface area contributed by atoms with Crippen LogP contribution in [-0.2, 0) is 12.8 Å². The van der Waals surface area contributed by atoms with Crippen molar-refractivity contribution in [3.05, 3.63) is 63.4 Å². The van der Waals surface area contributed by atoms with E-state index in [9.17, 15) is 19.2 Å². The molecule has 0 aromatic heterocycles. The molecule has 0 atom stereocenters. The molecule has 0 unspecified atom stereocenters. The molecule has 0 bridgehead atoms. The van der Waals surface area contributed by atoms with Gasteiger partial charge in [-0.25, -0.2) is 7.85 Å². The fourth-order valence-corrected chi connectivity index (χ4v) is 6.37. The number of halogens is 6. The van der Waals surface area contributed by atoms with Crippen LogP contribution in [0.4, 0.5) is 0 Å². The number of hydrogen-bond donors (Lipinski definition) is 0. The Hall–Kier alpha value is -0.400. The van der Waals surface area contributed by atoms with Crippen LogP contribution in [0.25, 0.3) is 0 Å². The van der Waals surface area contributed by atoms with Gasteiger partial charge in [0.2, 0.25) is 0 Å². The fraction of sp³-hybridized carbons (Fsp3) is 0.111. The van der Waals surface area contributed by atoms with Gasteiger partial charge in [0.15, 0.2) is 0 Å². The lowest BCUT2D eigenvalue weighted by Crippen LogP contribution is -2.17. The van der Waals surface area contributed by atoms with Gasteiger partial charge in [0.25, 0.3) is 23.6 Å². The largest absolute Gasteiger partial charge is 0.272 e. The van der Waals surface area contributed by atoms with Crippen molar-refractivity contribution in [2.45, 2.75) is 12.8 Å². The minimum atomic E-state index is -0.429. The molecule has 2 aliphatic rings. The number of amides is 4. The molecule has 2 heterocycles. The third-order valence-electron chi connectivity index (χ3n) is 4.83. The first kappa shape index (κ1) is 22.8. The normalized spacial score (nSPS) is 15.4. The predicted molar refractivity (Wildman–Crippen MR) is 130 cm³/mol. The molecule has 2 aromatic rings. The van der Waals surface area contributed by atoms with Crippen molar-refractivity contribution in [1.29, 1.82) is 0 Å². The molecule has 0 fully saturated rings. The Labute approximate surface area is 220 Å². The zero-order valence-electron chi connectivity index (χ0n) is 14.4. The van der Waals surface area contributed by atoms with Crippen LogP contribution < -0.4 is 0 Å². The molecule has 12 heteroatoms. The van der Waals surface area contributed by atoms with Crippen LogP contribution in [0, 0.1) is 0 Å². The number of imide groups is 2. The highest BCUT2D eigenvalue weighted by atomic mass is 79.9. The van der Waals surface area contributed by atoms with Gasteiger partial charge in [0.05, 0.1) is 54.5 Å². The number of carbonyl (C=O) groups is 4. The Balaban J connectivity index is 1.71. The Morgan fingerprint density at radius 1 is 0.567 bits per heavy atom. The molecule has 4 rings (SSSR count). The van der Waals surface area contributed by atoms with Gasteiger partial charge in [-0.3, -0.25) is 19.2 Å². The van der Waals surface area contributed by atoms with E-state index in [1.807, 2.05) is 0 Å². The third kappa shape index (κ3) is 3.33. The number of hydrogen-bond acceptors (Lipinski definition) is 4. The maximum Gasteiger partial charge on any atom is 0.272 e. The maximum atomic E-state index is 12.4. The molecule has 0 saturated carbocycles. The lowest BCUT2D eigenvalue weighted by Gasteiger charge is -2.12. The minimum Gasteiger partial charge on any atom is -0.268 e. The number of nitrogens with zero attached hydrogens (tertiary/aromatic N) is 2. The Morgan fingerprint density at radius 3 is 1.23 bits per heavy atom. The first-order valence-corrected chi connectivity index (χ1v) is 12.8. The van der Waals surface area contributed by atoms with Crippen molar-refractivity contribution in [1.82, 2.24) is 7.85 Å². The van der Waals surface area contributed by atoms with Crippen LogP contribution >= 0.6 is 96.0 Å². The molecule has 0 N–H and O–H groups in total. The van der Waals surface area contributed by atoms with Crippen molar-refractivity contribution in [3.8, 4) is 0 Å². The van der Waals surface area contributed by atoms with E-state index in [2.05, 4.69) is 96.0 Å². The van der Waals surface area contributed by atoms with Crippen LogP contribution in [0.1, 0.15) is 52.6 Å². The third-order valence-corrected chi connectivity index (χ3v) is 10.6. The van der Waals surface area contributed by atoms with Crippen LogP contribution in [0.5, 0.6) is 0 Å². The molecule has 30 heavy (non-hydrogen) atoms. The first-order chi connectivity index (χ1) is 14.1. The monoisotopic (exact) mass is 788 g/mol. The molecule has 6 nitrogen and oxygen atoms in total. The Kier molecular flexibility index (Phi) is 6.21. The second-order valence-electron chi connectivity index (χ2n) is 6.45. The summed E-state index contributed by atoms with van der Waals surface area (Å²) in [5.74, 6) is -1.70. The number of benzene rings is 2. The second-order valence-corrected chi connectivity index (χ2v) is 11.0. The summed E-state index contributed by atoms with van der Waals surface area (Å²) in [6.07, 6.45) is 1.03. The molecular weight excluding hydrogens is 788 g/mol. The summed E-state index contributed by atoms with van der Waals surface area (Å²) in [7, 11) is 0. The molecule has 2 aromatic carbocycles. The molecule has 0 spiro atoms. The quantitative estimate of drug-likeness (QED) is 0.269. The summed E-state index contributed by atoms with van der Waals surface area (Å²) >= 11 is 19.8. The summed E-state index contributed by atoms with van der Waals surface area (Å²) in [5.41, 5.74) is 2.86. The van der Waals surface area contributed by atoms with Crippen LogP contribution in [0.15, 0.2) is 30.0 Å². The van der Waals surface area contributed by atoms with Gasteiger partial charge in [-0.1, -0.05) is 0 Å². The van der Waals surface area contributed by atoms with Crippen molar-refractivity contribution in [2.24, 2.45) is 0 Å². The van der Waals surface area contributed by atoms with E-state index in [4.69, 9.17) is 0 Å². The van der Waals surface area contributed by atoms with Crippen LogP contribution in [0.2, 0.25) is 0 Å². The van der Waals surface area contributed by atoms with Crippen LogP contribution in [0.3, 0.4) is 0 Å².